The first-order valence-electron chi connectivity index (χ1n) is 9.40. The fourth-order valence-corrected chi connectivity index (χ4v) is 4.60. The van der Waals surface area contributed by atoms with Gasteiger partial charge < -0.3 is 14.9 Å². The number of piperidine rings is 2. The lowest BCUT2D eigenvalue weighted by Crippen LogP contribution is -2.62. The molecule has 1 saturated carbocycles. The molecule has 1 aromatic heterocycles. The zero-order valence-corrected chi connectivity index (χ0v) is 14.9. The van der Waals surface area contributed by atoms with Crippen LogP contribution in [0.1, 0.15) is 31.2 Å². The number of aromatic nitrogens is 1. The fraction of sp³-hybridized carbons (Fsp3) is 0.579. The predicted molar refractivity (Wildman–Crippen MR) is 95.9 cm³/mol. The number of anilines is 2. The highest BCUT2D eigenvalue weighted by atomic mass is 19.1. The van der Waals surface area contributed by atoms with Crippen molar-refractivity contribution in [2.24, 2.45) is 0 Å². The van der Waals surface area contributed by atoms with Gasteiger partial charge >= 0.3 is 5.97 Å². The number of pyridine rings is 1. The van der Waals surface area contributed by atoms with E-state index in [1.807, 2.05) is 4.90 Å². The van der Waals surface area contributed by atoms with Crippen molar-refractivity contribution in [3.8, 4) is 0 Å². The predicted octanol–water partition coefficient (Wildman–Crippen LogP) is 2.00. The van der Waals surface area contributed by atoms with E-state index in [-0.39, 0.29) is 18.3 Å². The Bertz CT molecular complexity index is 807. The number of carbonyl (C=O) groups is 1. The molecule has 138 valence electrons. The Hall–Kier alpha value is -2.15. The number of fused-ring (bicyclic) bond motifs is 4. The third-order valence-electron chi connectivity index (χ3n) is 6.22. The number of rotatable bonds is 3. The molecule has 1 aromatic rings. The summed E-state index contributed by atoms with van der Waals surface area (Å²) in [5.41, 5.74) is 0.981. The highest BCUT2D eigenvalue weighted by Gasteiger charge is 2.40. The van der Waals surface area contributed by atoms with Crippen LogP contribution in [0.25, 0.3) is 0 Å². The van der Waals surface area contributed by atoms with Crippen molar-refractivity contribution in [1.82, 2.24) is 9.88 Å². The van der Waals surface area contributed by atoms with E-state index in [0.717, 1.165) is 44.6 Å². The maximum absolute atomic E-state index is 15.0. The Kier molecular flexibility index (Phi) is 3.50. The van der Waals surface area contributed by atoms with Crippen molar-refractivity contribution in [2.45, 2.75) is 50.2 Å². The van der Waals surface area contributed by atoms with Crippen LogP contribution in [0.5, 0.6) is 0 Å². The number of carboxylic acid groups (broad SMARTS) is 1. The number of hydrogen-bond donors (Lipinski definition) is 1. The summed E-state index contributed by atoms with van der Waals surface area (Å²) in [7, 11) is 2.14. The van der Waals surface area contributed by atoms with Crippen LogP contribution in [0.15, 0.2) is 17.8 Å². The first-order chi connectivity index (χ1) is 12.5. The Morgan fingerprint density at radius 3 is 2.50 bits per heavy atom. The summed E-state index contributed by atoms with van der Waals surface area (Å²) in [4.78, 5) is 22.6. The van der Waals surface area contributed by atoms with E-state index in [1.54, 1.807) is 6.20 Å². The zero-order valence-electron chi connectivity index (χ0n) is 14.9. The molecule has 2 bridgehead atoms. The second-order valence-corrected chi connectivity index (χ2v) is 8.03. The first kappa shape index (κ1) is 16.1. The summed E-state index contributed by atoms with van der Waals surface area (Å²) < 4.78 is 15.0. The Morgan fingerprint density at radius 2 is 1.88 bits per heavy atom. The second kappa shape index (κ2) is 5.67. The Balaban J connectivity index is 1.53. The summed E-state index contributed by atoms with van der Waals surface area (Å²) in [6.07, 6.45) is 6.21. The van der Waals surface area contributed by atoms with Crippen molar-refractivity contribution < 1.29 is 14.3 Å². The standard InChI is InChI=1S/C19H23FN4O2/c1-22-9-15-5-4-14(22)10-24(15)18-16(20)7-11-6-12(19(25)26)8-23(13-2-3-13)17(11)21-18/h7-8,13-15H,2-6,9-10H2,1H3,(H,25,26). The number of hydrogen-bond acceptors (Lipinski definition) is 5. The van der Waals surface area contributed by atoms with Crippen molar-refractivity contribution in [1.29, 1.82) is 0 Å². The fourth-order valence-electron chi connectivity index (χ4n) is 4.60. The normalized spacial score (nSPS) is 28.2. The lowest BCUT2D eigenvalue weighted by atomic mass is 9.91. The van der Waals surface area contributed by atoms with Gasteiger partial charge in [-0.25, -0.2) is 14.2 Å². The van der Waals surface area contributed by atoms with E-state index >= 15 is 0 Å². The van der Waals surface area contributed by atoms with Gasteiger partial charge in [0.25, 0.3) is 0 Å². The number of likely N-dealkylation sites (N-methyl/N-ethyl adjacent to an activating group) is 1. The van der Waals surface area contributed by atoms with Gasteiger partial charge in [0.15, 0.2) is 11.6 Å². The van der Waals surface area contributed by atoms with Crippen LogP contribution in [-0.2, 0) is 11.2 Å². The SMILES string of the molecule is CN1CC2CCC1CN2c1nc2c(cc1F)CC(C(=O)O)=CN2C1CC1. The molecule has 6 rings (SSSR count). The lowest BCUT2D eigenvalue weighted by molar-refractivity contribution is -0.132. The van der Waals surface area contributed by atoms with Crippen LogP contribution in [0.3, 0.4) is 0 Å². The Labute approximate surface area is 151 Å². The molecule has 6 nitrogen and oxygen atoms in total. The van der Waals surface area contributed by atoms with E-state index < -0.39 is 5.97 Å². The van der Waals surface area contributed by atoms with Crippen LogP contribution >= 0.6 is 0 Å². The largest absolute Gasteiger partial charge is 0.478 e. The van der Waals surface area contributed by atoms with Crippen molar-refractivity contribution in [3.05, 3.63) is 29.2 Å². The minimum Gasteiger partial charge on any atom is -0.478 e. The molecule has 7 heteroatoms. The monoisotopic (exact) mass is 358 g/mol. The summed E-state index contributed by atoms with van der Waals surface area (Å²) in [5, 5.41) is 9.39. The maximum Gasteiger partial charge on any atom is 0.333 e. The summed E-state index contributed by atoms with van der Waals surface area (Å²) >= 11 is 0. The molecule has 4 aliphatic heterocycles. The van der Waals surface area contributed by atoms with Gasteiger partial charge in [-0.3, -0.25) is 4.90 Å². The van der Waals surface area contributed by atoms with Crippen molar-refractivity contribution >= 4 is 17.6 Å². The number of aliphatic carboxylic acids is 1. The van der Waals surface area contributed by atoms with Crippen LogP contribution < -0.4 is 9.80 Å². The quantitative estimate of drug-likeness (QED) is 0.892. The second-order valence-electron chi connectivity index (χ2n) is 8.03. The maximum atomic E-state index is 15.0. The molecule has 4 fully saturated rings. The van der Waals surface area contributed by atoms with Crippen LogP contribution in [0, 0.1) is 5.82 Å². The molecule has 3 saturated heterocycles. The van der Waals surface area contributed by atoms with Crippen LogP contribution in [0.4, 0.5) is 16.0 Å². The minimum atomic E-state index is -0.942. The molecule has 5 aliphatic rings. The van der Waals surface area contributed by atoms with Gasteiger partial charge in [-0.15, -0.1) is 0 Å². The van der Waals surface area contributed by atoms with E-state index in [2.05, 4.69) is 16.8 Å². The van der Waals surface area contributed by atoms with E-state index in [4.69, 9.17) is 4.98 Å². The number of nitrogens with zero attached hydrogens (tertiary/aromatic N) is 4. The van der Waals surface area contributed by atoms with E-state index in [1.165, 1.54) is 6.07 Å². The smallest absolute Gasteiger partial charge is 0.333 e. The molecule has 1 N–H and O–H groups in total. The molecule has 0 amide bonds. The molecule has 1 aliphatic carbocycles. The van der Waals surface area contributed by atoms with Gasteiger partial charge in [-0.05, 0) is 38.8 Å². The molecule has 5 heterocycles. The third-order valence-corrected chi connectivity index (χ3v) is 6.22. The molecule has 2 unspecified atom stereocenters. The molecular formula is C19H23FN4O2. The van der Waals surface area contributed by atoms with Crippen molar-refractivity contribution in [3.63, 3.8) is 0 Å². The highest BCUT2D eigenvalue weighted by Crippen LogP contribution is 2.40. The zero-order chi connectivity index (χ0) is 18.0. The highest BCUT2D eigenvalue weighted by molar-refractivity contribution is 5.89. The first-order valence-corrected chi connectivity index (χ1v) is 9.40. The van der Waals surface area contributed by atoms with Gasteiger partial charge in [0.2, 0.25) is 0 Å². The number of carboxylic acids is 1. The average molecular weight is 358 g/mol. The van der Waals surface area contributed by atoms with Crippen molar-refractivity contribution in [2.75, 3.05) is 29.9 Å². The third kappa shape index (κ3) is 2.48. The van der Waals surface area contributed by atoms with Crippen LogP contribution in [0.2, 0.25) is 0 Å². The topological polar surface area (TPSA) is 59.9 Å². The number of piperazine rings is 1. The molecule has 26 heavy (non-hydrogen) atoms. The van der Waals surface area contributed by atoms with Gasteiger partial charge in [-0.1, -0.05) is 0 Å². The average Bonchev–Trinajstić information content (AvgIpc) is 3.45. The summed E-state index contributed by atoms with van der Waals surface area (Å²) in [6.45, 7) is 1.75. The summed E-state index contributed by atoms with van der Waals surface area (Å²) in [6, 6.07) is 2.55. The van der Waals surface area contributed by atoms with Gasteiger partial charge in [0.1, 0.15) is 5.82 Å². The molecule has 0 spiro atoms. The van der Waals surface area contributed by atoms with E-state index in [0.29, 0.717) is 29.0 Å². The van der Waals surface area contributed by atoms with E-state index in [9.17, 15) is 14.3 Å². The van der Waals surface area contributed by atoms with Gasteiger partial charge in [0.05, 0.1) is 5.57 Å². The molecule has 0 aromatic carbocycles. The summed E-state index contributed by atoms with van der Waals surface area (Å²) in [5.74, 6) is -0.100. The minimum absolute atomic E-state index is 0.229. The number of halogens is 1. The van der Waals surface area contributed by atoms with Gasteiger partial charge in [0, 0.05) is 49.4 Å². The molecule has 2 atom stereocenters. The molecule has 0 radical (unpaired) electrons. The lowest BCUT2D eigenvalue weighted by Gasteiger charge is -2.51. The molecular weight excluding hydrogens is 335 g/mol. The van der Waals surface area contributed by atoms with Gasteiger partial charge in [-0.2, -0.15) is 0 Å². The Morgan fingerprint density at radius 1 is 1.15 bits per heavy atom. The van der Waals surface area contributed by atoms with Crippen LogP contribution in [-0.4, -0.2) is 59.2 Å².